The van der Waals surface area contributed by atoms with Gasteiger partial charge in [0, 0.05) is 10.9 Å². The second-order valence-electron chi connectivity index (χ2n) is 5.33. The van der Waals surface area contributed by atoms with Crippen LogP contribution in [-0.2, 0) is 4.79 Å². The molecule has 2 rings (SSSR count). The van der Waals surface area contributed by atoms with Gasteiger partial charge in [-0.05, 0) is 50.2 Å². The first-order chi connectivity index (χ1) is 9.56. The zero-order valence-electron chi connectivity index (χ0n) is 12.3. The van der Waals surface area contributed by atoms with E-state index in [0.717, 1.165) is 18.8 Å². The number of rotatable bonds is 6. The highest BCUT2D eigenvalue weighted by atomic mass is 35.5. The second kappa shape index (κ2) is 8.47. The van der Waals surface area contributed by atoms with Gasteiger partial charge in [0.05, 0.1) is 6.54 Å². The van der Waals surface area contributed by atoms with Gasteiger partial charge in [0.15, 0.2) is 0 Å². The Hall–Kier alpha value is -0.970. The molecule has 4 nitrogen and oxygen atoms in total. The Labute approximate surface area is 137 Å². The van der Waals surface area contributed by atoms with E-state index >= 15 is 0 Å². The van der Waals surface area contributed by atoms with Gasteiger partial charge in [-0.1, -0.05) is 18.5 Å². The predicted octanol–water partition coefficient (Wildman–Crippen LogP) is 2.50. The molecule has 2 unspecified atom stereocenters. The van der Waals surface area contributed by atoms with Gasteiger partial charge in [-0.25, -0.2) is 0 Å². The molecule has 1 fully saturated rings. The Balaban J connectivity index is 0.00000220. The van der Waals surface area contributed by atoms with Crippen LogP contribution in [0.3, 0.4) is 0 Å². The van der Waals surface area contributed by atoms with Crippen molar-refractivity contribution in [3.8, 4) is 5.75 Å². The van der Waals surface area contributed by atoms with Crippen LogP contribution in [0.5, 0.6) is 5.75 Å². The maximum absolute atomic E-state index is 12.0. The van der Waals surface area contributed by atoms with Crippen molar-refractivity contribution < 1.29 is 9.53 Å². The fourth-order valence-electron chi connectivity index (χ4n) is 2.07. The molecule has 6 heteroatoms. The molecule has 0 saturated carbocycles. The molecule has 1 aliphatic heterocycles. The molecule has 1 heterocycles. The number of carbonyl (C=O) groups excluding carboxylic acids is 1. The number of halogens is 2. The minimum atomic E-state index is -0.0770. The molecule has 0 spiro atoms. The van der Waals surface area contributed by atoms with Crippen LogP contribution in [0.2, 0.25) is 5.02 Å². The minimum Gasteiger partial charge on any atom is -0.489 e. The van der Waals surface area contributed by atoms with Crippen LogP contribution in [0.1, 0.15) is 13.8 Å². The summed E-state index contributed by atoms with van der Waals surface area (Å²) in [6.45, 7) is 6.29. The average Bonchev–Trinajstić information content (AvgIpc) is 2.36. The summed E-state index contributed by atoms with van der Waals surface area (Å²) in [5.41, 5.74) is 0. The van der Waals surface area contributed by atoms with E-state index in [-0.39, 0.29) is 30.3 Å². The Morgan fingerprint density at radius 2 is 2.00 bits per heavy atom. The lowest BCUT2D eigenvalue weighted by Crippen LogP contribution is -2.50. The van der Waals surface area contributed by atoms with Gasteiger partial charge in [0.1, 0.15) is 11.9 Å². The maximum Gasteiger partial charge on any atom is 0.223 e. The van der Waals surface area contributed by atoms with Gasteiger partial charge in [0.25, 0.3) is 0 Å². The summed E-state index contributed by atoms with van der Waals surface area (Å²) in [4.78, 5) is 12.0. The summed E-state index contributed by atoms with van der Waals surface area (Å²) < 4.78 is 5.71. The largest absolute Gasteiger partial charge is 0.489 e. The van der Waals surface area contributed by atoms with Gasteiger partial charge in [0.2, 0.25) is 5.91 Å². The highest BCUT2D eigenvalue weighted by molar-refractivity contribution is 6.30. The summed E-state index contributed by atoms with van der Waals surface area (Å²) >= 11 is 5.82. The SMILES string of the molecule is CC(CNC(=O)C(C)C1CNC1)Oc1ccc(Cl)cc1.Cl. The van der Waals surface area contributed by atoms with E-state index in [1.165, 1.54) is 0 Å². The maximum atomic E-state index is 12.0. The Morgan fingerprint density at radius 3 is 2.52 bits per heavy atom. The number of ether oxygens (including phenoxy) is 1. The molecule has 2 N–H and O–H groups in total. The summed E-state index contributed by atoms with van der Waals surface area (Å²) in [6, 6.07) is 7.22. The molecular weight excluding hydrogens is 311 g/mol. The van der Waals surface area contributed by atoms with Gasteiger partial charge < -0.3 is 15.4 Å². The number of amides is 1. The fourth-order valence-corrected chi connectivity index (χ4v) is 2.20. The Bertz CT molecular complexity index is 449. The third kappa shape index (κ3) is 5.38. The molecule has 2 atom stereocenters. The monoisotopic (exact) mass is 332 g/mol. The third-order valence-electron chi connectivity index (χ3n) is 3.65. The lowest BCUT2D eigenvalue weighted by Gasteiger charge is -2.32. The summed E-state index contributed by atoms with van der Waals surface area (Å²) in [5.74, 6) is 1.37. The first kappa shape index (κ1) is 18.1. The molecule has 21 heavy (non-hydrogen) atoms. The highest BCUT2D eigenvalue weighted by Gasteiger charge is 2.28. The lowest BCUT2D eigenvalue weighted by atomic mass is 9.88. The molecule has 1 amide bonds. The van der Waals surface area contributed by atoms with E-state index < -0.39 is 0 Å². The van der Waals surface area contributed by atoms with Crippen LogP contribution < -0.4 is 15.4 Å². The van der Waals surface area contributed by atoms with Crippen molar-refractivity contribution in [3.05, 3.63) is 29.3 Å². The van der Waals surface area contributed by atoms with E-state index in [1.54, 1.807) is 12.1 Å². The van der Waals surface area contributed by atoms with Crippen molar-refractivity contribution in [1.29, 1.82) is 0 Å². The average molecular weight is 333 g/mol. The van der Waals surface area contributed by atoms with Crippen LogP contribution in [0, 0.1) is 11.8 Å². The smallest absolute Gasteiger partial charge is 0.223 e. The van der Waals surface area contributed by atoms with Crippen molar-refractivity contribution in [2.45, 2.75) is 20.0 Å². The summed E-state index contributed by atoms with van der Waals surface area (Å²) in [6.07, 6.45) is -0.0770. The van der Waals surface area contributed by atoms with Crippen LogP contribution in [-0.4, -0.2) is 31.6 Å². The van der Waals surface area contributed by atoms with Crippen LogP contribution in [0.15, 0.2) is 24.3 Å². The molecule has 0 aromatic heterocycles. The third-order valence-corrected chi connectivity index (χ3v) is 3.90. The molecule has 1 aromatic rings. The molecular formula is C15H22Cl2N2O2. The Kier molecular flexibility index (Phi) is 7.29. The molecule has 0 bridgehead atoms. The minimum absolute atomic E-state index is 0. The van der Waals surface area contributed by atoms with Crippen molar-refractivity contribution in [3.63, 3.8) is 0 Å². The van der Waals surface area contributed by atoms with Crippen LogP contribution in [0.4, 0.5) is 0 Å². The first-order valence-electron chi connectivity index (χ1n) is 6.97. The van der Waals surface area contributed by atoms with Crippen molar-refractivity contribution in [2.24, 2.45) is 11.8 Å². The van der Waals surface area contributed by atoms with E-state index in [4.69, 9.17) is 16.3 Å². The van der Waals surface area contributed by atoms with E-state index in [1.807, 2.05) is 26.0 Å². The van der Waals surface area contributed by atoms with Crippen molar-refractivity contribution >= 4 is 29.9 Å². The van der Waals surface area contributed by atoms with Gasteiger partial charge >= 0.3 is 0 Å². The van der Waals surface area contributed by atoms with Crippen molar-refractivity contribution in [1.82, 2.24) is 10.6 Å². The second-order valence-corrected chi connectivity index (χ2v) is 5.77. The molecule has 118 valence electrons. The summed E-state index contributed by atoms with van der Waals surface area (Å²) in [7, 11) is 0. The van der Waals surface area contributed by atoms with Crippen molar-refractivity contribution in [2.75, 3.05) is 19.6 Å². The number of hydrogen-bond acceptors (Lipinski definition) is 3. The quantitative estimate of drug-likeness (QED) is 0.841. The first-order valence-corrected chi connectivity index (χ1v) is 7.34. The predicted molar refractivity (Wildman–Crippen MR) is 87.3 cm³/mol. The zero-order valence-corrected chi connectivity index (χ0v) is 13.8. The highest BCUT2D eigenvalue weighted by Crippen LogP contribution is 2.17. The number of carbonyl (C=O) groups is 1. The number of benzene rings is 1. The van der Waals surface area contributed by atoms with Crippen LogP contribution >= 0.6 is 24.0 Å². The normalized spacial score (nSPS) is 17.1. The fraction of sp³-hybridized carbons (Fsp3) is 0.533. The number of hydrogen-bond donors (Lipinski definition) is 2. The van der Waals surface area contributed by atoms with Gasteiger partial charge in [-0.15, -0.1) is 12.4 Å². The molecule has 0 radical (unpaired) electrons. The standard InChI is InChI=1S/C15H21ClN2O2.ClH/c1-10(20-14-5-3-13(16)4-6-14)7-18-15(19)11(2)12-8-17-9-12;/h3-6,10-12,17H,7-9H2,1-2H3,(H,18,19);1H. The zero-order chi connectivity index (χ0) is 14.5. The van der Waals surface area contributed by atoms with Gasteiger partial charge in [-0.2, -0.15) is 0 Å². The number of nitrogens with one attached hydrogen (secondary N) is 2. The molecule has 1 aliphatic rings. The molecule has 0 aliphatic carbocycles. The van der Waals surface area contributed by atoms with Gasteiger partial charge in [-0.3, -0.25) is 4.79 Å². The summed E-state index contributed by atoms with van der Waals surface area (Å²) in [5, 5.41) is 6.81. The Morgan fingerprint density at radius 1 is 1.38 bits per heavy atom. The van der Waals surface area contributed by atoms with E-state index in [9.17, 15) is 4.79 Å². The van der Waals surface area contributed by atoms with Crippen LogP contribution in [0.25, 0.3) is 0 Å². The topological polar surface area (TPSA) is 50.4 Å². The lowest BCUT2D eigenvalue weighted by molar-refractivity contribution is -0.127. The van der Waals surface area contributed by atoms with E-state index in [0.29, 0.717) is 17.5 Å². The van der Waals surface area contributed by atoms with E-state index in [2.05, 4.69) is 10.6 Å². The molecule has 1 saturated heterocycles. The molecule has 1 aromatic carbocycles.